The fraction of sp³-hybridized carbons (Fsp3) is 0. The van der Waals surface area contributed by atoms with E-state index in [-0.39, 0.29) is 15.7 Å². The number of phenolic OH excluding ortho intramolecular Hbond substituents is 1. The Kier molecular flexibility index (Phi) is 5.70. The van der Waals surface area contributed by atoms with Gasteiger partial charge in [0.1, 0.15) is 10.6 Å². The molecule has 3 rings (SSSR count). The Labute approximate surface area is 166 Å². The van der Waals surface area contributed by atoms with Crippen LogP contribution in [0.3, 0.4) is 0 Å². The molecule has 0 bridgehead atoms. The molecule has 0 unspecified atom stereocenters. The highest BCUT2D eigenvalue weighted by Gasteiger charge is 2.18. The average molecular weight is 421 g/mol. The van der Waals surface area contributed by atoms with Gasteiger partial charge in [0, 0.05) is 16.1 Å². The summed E-state index contributed by atoms with van der Waals surface area (Å²) in [4.78, 5) is 2.09. The molecule has 0 aromatic heterocycles. The summed E-state index contributed by atoms with van der Waals surface area (Å²) in [6, 6.07) is 19.5. The second-order valence-electron chi connectivity index (χ2n) is 5.54. The zero-order valence-electron chi connectivity index (χ0n) is 13.8. The van der Waals surface area contributed by atoms with Crippen LogP contribution >= 0.6 is 23.2 Å². The van der Waals surface area contributed by atoms with Crippen LogP contribution in [0.15, 0.2) is 82.8 Å². The van der Waals surface area contributed by atoms with Crippen molar-refractivity contribution in [3.8, 4) is 5.75 Å². The van der Waals surface area contributed by atoms with Gasteiger partial charge in [-0.15, -0.1) is 0 Å². The van der Waals surface area contributed by atoms with E-state index in [4.69, 9.17) is 23.2 Å². The number of benzene rings is 3. The van der Waals surface area contributed by atoms with Gasteiger partial charge in [-0.2, -0.15) is 18.4 Å². The molecule has 0 aliphatic rings. The Morgan fingerprint density at radius 3 is 2.15 bits per heavy atom. The Bertz CT molecular complexity index is 1080. The lowest BCUT2D eigenvalue weighted by molar-refractivity contribution is 0.475. The van der Waals surface area contributed by atoms with Gasteiger partial charge >= 0.3 is 0 Å². The first-order valence-electron chi connectivity index (χ1n) is 7.76. The summed E-state index contributed by atoms with van der Waals surface area (Å²) in [7, 11) is -4.00. The molecule has 0 spiro atoms. The van der Waals surface area contributed by atoms with E-state index >= 15 is 0 Å². The molecule has 0 aliphatic carbocycles. The largest absolute Gasteiger partial charge is 0.508 e. The van der Waals surface area contributed by atoms with Crippen LogP contribution in [0, 0.1) is 0 Å². The van der Waals surface area contributed by atoms with Crippen LogP contribution in [-0.4, -0.2) is 19.2 Å². The van der Waals surface area contributed by atoms with Gasteiger partial charge in [0.25, 0.3) is 10.0 Å². The van der Waals surface area contributed by atoms with Gasteiger partial charge < -0.3 is 5.11 Å². The predicted molar refractivity (Wildman–Crippen MR) is 107 cm³/mol. The maximum absolute atomic E-state index is 12.6. The second-order valence-corrected chi connectivity index (χ2v) is 8.02. The molecule has 0 fully saturated rings. The van der Waals surface area contributed by atoms with Crippen LogP contribution in [0.1, 0.15) is 11.1 Å². The van der Waals surface area contributed by atoms with Crippen molar-refractivity contribution in [3.63, 3.8) is 0 Å². The molecule has 0 heterocycles. The van der Waals surface area contributed by atoms with Crippen LogP contribution in [0.25, 0.3) is 0 Å². The van der Waals surface area contributed by atoms with E-state index in [1.807, 2.05) is 18.2 Å². The van der Waals surface area contributed by atoms with Gasteiger partial charge in [0.05, 0.1) is 10.7 Å². The van der Waals surface area contributed by atoms with Crippen LogP contribution < -0.4 is 4.83 Å². The molecule has 0 amide bonds. The normalized spacial score (nSPS) is 12.0. The van der Waals surface area contributed by atoms with E-state index in [0.29, 0.717) is 21.9 Å². The van der Waals surface area contributed by atoms with Crippen LogP contribution in [0.5, 0.6) is 5.75 Å². The second kappa shape index (κ2) is 8.00. The minimum Gasteiger partial charge on any atom is -0.508 e. The first-order valence-corrected chi connectivity index (χ1v) is 10.00. The molecule has 0 radical (unpaired) electrons. The number of aromatic hydroxyl groups is 1. The zero-order valence-corrected chi connectivity index (χ0v) is 16.1. The SMILES string of the molecule is O=S(=O)(N/N=C(\c1ccccc1)c1ccc(O)cc1)c1ccc(Cl)cc1Cl. The molecular weight excluding hydrogens is 407 g/mol. The summed E-state index contributed by atoms with van der Waals surface area (Å²) in [5.74, 6) is 0.0969. The van der Waals surface area contributed by atoms with Crippen molar-refractivity contribution in [1.29, 1.82) is 0 Å². The van der Waals surface area contributed by atoms with Crippen LogP contribution in [0.2, 0.25) is 10.0 Å². The molecule has 5 nitrogen and oxygen atoms in total. The van der Waals surface area contributed by atoms with Crippen molar-refractivity contribution in [3.05, 3.63) is 94.0 Å². The Morgan fingerprint density at radius 2 is 1.52 bits per heavy atom. The summed E-state index contributed by atoms with van der Waals surface area (Å²) in [6.07, 6.45) is 0. The number of rotatable bonds is 5. The monoisotopic (exact) mass is 420 g/mol. The van der Waals surface area contributed by atoms with Crippen molar-refractivity contribution in [2.75, 3.05) is 0 Å². The summed E-state index contributed by atoms with van der Waals surface area (Å²) < 4.78 is 25.2. The van der Waals surface area contributed by atoms with Crippen molar-refractivity contribution < 1.29 is 13.5 Å². The van der Waals surface area contributed by atoms with E-state index in [1.165, 1.54) is 30.3 Å². The van der Waals surface area contributed by atoms with Gasteiger partial charge in [-0.1, -0.05) is 53.5 Å². The Hall–Kier alpha value is -2.54. The van der Waals surface area contributed by atoms with E-state index in [1.54, 1.807) is 24.3 Å². The van der Waals surface area contributed by atoms with Gasteiger partial charge in [0.15, 0.2) is 0 Å². The fourth-order valence-electron chi connectivity index (χ4n) is 2.36. The topological polar surface area (TPSA) is 78.8 Å². The van der Waals surface area contributed by atoms with Crippen LogP contribution in [0.4, 0.5) is 0 Å². The van der Waals surface area contributed by atoms with Crippen LogP contribution in [-0.2, 0) is 10.0 Å². The van der Waals surface area contributed by atoms with Gasteiger partial charge in [0.2, 0.25) is 0 Å². The molecule has 0 saturated carbocycles. The molecule has 2 N–H and O–H groups in total. The highest BCUT2D eigenvalue weighted by Crippen LogP contribution is 2.25. The number of phenols is 1. The highest BCUT2D eigenvalue weighted by molar-refractivity contribution is 7.89. The number of halogens is 2. The summed E-state index contributed by atoms with van der Waals surface area (Å²) >= 11 is 11.8. The van der Waals surface area contributed by atoms with Gasteiger partial charge in [-0.25, -0.2) is 0 Å². The van der Waals surface area contributed by atoms with Gasteiger partial charge in [-0.05, 0) is 42.5 Å². The molecule has 27 heavy (non-hydrogen) atoms. The Balaban J connectivity index is 2.02. The third-order valence-corrected chi connectivity index (χ3v) is 5.58. The summed E-state index contributed by atoms with van der Waals surface area (Å²) in [5.41, 5.74) is 1.72. The van der Waals surface area contributed by atoms with E-state index in [0.717, 1.165) is 0 Å². The molecule has 138 valence electrons. The smallest absolute Gasteiger partial charge is 0.278 e. The molecule has 3 aromatic rings. The van der Waals surface area contributed by atoms with E-state index in [2.05, 4.69) is 9.93 Å². The first-order chi connectivity index (χ1) is 12.9. The lowest BCUT2D eigenvalue weighted by Gasteiger charge is -2.10. The average Bonchev–Trinajstić information content (AvgIpc) is 2.64. The van der Waals surface area contributed by atoms with Crippen molar-refractivity contribution >= 4 is 38.9 Å². The van der Waals surface area contributed by atoms with Gasteiger partial charge in [-0.3, -0.25) is 0 Å². The molecule has 0 atom stereocenters. The third-order valence-electron chi connectivity index (χ3n) is 3.65. The predicted octanol–water partition coefficient (Wildman–Crippen LogP) is 4.43. The zero-order chi connectivity index (χ0) is 19.4. The molecule has 0 saturated heterocycles. The summed E-state index contributed by atoms with van der Waals surface area (Å²) in [5, 5.41) is 13.9. The minimum absolute atomic E-state index is 0.00362. The van der Waals surface area contributed by atoms with Crippen molar-refractivity contribution in [2.45, 2.75) is 4.90 Å². The third kappa shape index (κ3) is 4.60. The number of nitrogens with zero attached hydrogens (tertiary/aromatic N) is 1. The lowest BCUT2D eigenvalue weighted by Crippen LogP contribution is -2.21. The molecule has 8 heteroatoms. The number of hydrogen-bond acceptors (Lipinski definition) is 4. The molecule has 3 aromatic carbocycles. The Morgan fingerprint density at radius 1 is 0.889 bits per heavy atom. The molecular formula is C19H14Cl2N2O3S. The van der Waals surface area contributed by atoms with E-state index < -0.39 is 10.0 Å². The fourth-order valence-corrected chi connectivity index (χ4v) is 3.94. The highest BCUT2D eigenvalue weighted by atomic mass is 35.5. The minimum atomic E-state index is -4.00. The first kappa shape index (κ1) is 19.2. The number of hydrazone groups is 1. The van der Waals surface area contributed by atoms with Crippen molar-refractivity contribution in [1.82, 2.24) is 4.83 Å². The quantitative estimate of drug-likeness (QED) is 0.473. The van der Waals surface area contributed by atoms with Crippen molar-refractivity contribution in [2.24, 2.45) is 5.10 Å². The number of sulfonamides is 1. The number of hydrogen-bond donors (Lipinski definition) is 2. The molecule has 0 aliphatic heterocycles. The maximum Gasteiger partial charge on any atom is 0.278 e. The lowest BCUT2D eigenvalue weighted by atomic mass is 10.0. The maximum atomic E-state index is 12.6. The standard InChI is InChI=1S/C19H14Cl2N2O3S/c20-15-8-11-18(17(21)12-15)27(25,26)23-22-19(13-4-2-1-3-5-13)14-6-9-16(24)10-7-14/h1-12,23-24H/b22-19+. The number of nitrogens with one attached hydrogen (secondary N) is 1. The summed E-state index contributed by atoms with van der Waals surface area (Å²) in [6.45, 7) is 0. The van der Waals surface area contributed by atoms with E-state index in [9.17, 15) is 13.5 Å².